The summed E-state index contributed by atoms with van der Waals surface area (Å²) in [4.78, 5) is 22.6. The number of hydrogen-bond donors (Lipinski definition) is 2. The zero-order chi connectivity index (χ0) is 12.3. The zero-order valence-electron chi connectivity index (χ0n) is 9.70. The van der Waals surface area contributed by atoms with Crippen molar-refractivity contribution in [3.05, 3.63) is 29.3 Å². The molecule has 0 radical (unpaired) electrons. The van der Waals surface area contributed by atoms with Crippen molar-refractivity contribution in [3.8, 4) is 0 Å². The number of amides is 2. The molecule has 1 rings (SSSR count). The van der Waals surface area contributed by atoms with Crippen LogP contribution in [0.5, 0.6) is 0 Å². The van der Waals surface area contributed by atoms with Crippen LogP contribution < -0.4 is 11.1 Å². The van der Waals surface area contributed by atoms with E-state index in [4.69, 9.17) is 5.73 Å². The Morgan fingerprint density at radius 1 is 1.31 bits per heavy atom. The highest BCUT2D eigenvalue weighted by Crippen LogP contribution is 2.19. The second kappa shape index (κ2) is 4.79. The Hall–Kier alpha value is -1.84. The summed E-state index contributed by atoms with van der Waals surface area (Å²) < 4.78 is 0. The molecule has 0 heterocycles. The van der Waals surface area contributed by atoms with Gasteiger partial charge >= 0.3 is 0 Å². The quantitative estimate of drug-likeness (QED) is 0.813. The fourth-order valence-corrected chi connectivity index (χ4v) is 1.32. The van der Waals surface area contributed by atoms with Gasteiger partial charge in [-0.05, 0) is 24.6 Å². The molecule has 86 valence electrons. The molecule has 4 nitrogen and oxygen atoms in total. The van der Waals surface area contributed by atoms with Crippen LogP contribution in [0.4, 0.5) is 5.69 Å². The van der Waals surface area contributed by atoms with Crippen molar-refractivity contribution in [2.45, 2.75) is 20.8 Å². The van der Waals surface area contributed by atoms with Crippen molar-refractivity contribution in [1.29, 1.82) is 0 Å². The molecule has 1 aromatic carbocycles. The third kappa shape index (κ3) is 2.59. The molecular formula is C12H16N2O2. The zero-order valence-corrected chi connectivity index (χ0v) is 9.70. The van der Waals surface area contributed by atoms with E-state index in [0.717, 1.165) is 0 Å². The maximum Gasteiger partial charge on any atom is 0.249 e. The van der Waals surface area contributed by atoms with E-state index in [1.165, 1.54) is 0 Å². The largest absolute Gasteiger partial charge is 0.366 e. The van der Waals surface area contributed by atoms with Gasteiger partial charge in [-0.1, -0.05) is 19.9 Å². The summed E-state index contributed by atoms with van der Waals surface area (Å²) in [5, 5.41) is 2.76. The van der Waals surface area contributed by atoms with Crippen LogP contribution in [-0.2, 0) is 4.79 Å². The van der Waals surface area contributed by atoms with E-state index in [1.807, 2.05) is 13.8 Å². The third-order valence-electron chi connectivity index (χ3n) is 2.38. The topological polar surface area (TPSA) is 72.2 Å². The molecule has 0 atom stereocenters. The van der Waals surface area contributed by atoms with Gasteiger partial charge in [0.05, 0.1) is 0 Å². The summed E-state index contributed by atoms with van der Waals surface area (Å²) in [5.74, 6) is -0.667. The van der Waals surface area contributed by atoms with E-state index in [1.54, 1.807) is 25.1 Å². The van der Waals surface area contributed by atoms with Crippen LogP contribution >= 0.6 is 0 Å². The van der Waals surface area contributed by atoms with E-state index in [0.29, 0.717) is 16.8 Å². The summed E-state index contributed by atoms with van der Waals surface area (Å²) in [6, 6.07) is 5.09. The molecule has 1 aromatic rings. The molecule has 0 bridgehead atoms. The number of nitrogens with one attached hydrogen (secondary N) is 1. The van der Waals surface area contributed by atoms with Gasteiger partial charge in [-0.3, -0.25) is 9.59 Å². The van der Waals surface area contributed by atoms with Crippen LogP contribution in [0.3, 0.4) is 0 Å². The molecule has 0 saturated carbocycles. The van der Waals surface area contributed by atoms with Crippen LogP contribution in [0, 0.1) is 12.8 Å². The Bertz CT molecular complexity index is 425. The first-order chi connectivity index (χ1) is 7.43. The van der Waals surface area contributed by atoms with E-state index in [2.05, 4.69) is 5.32 Å². The van der Waals surface area contributed by atoms with E-state index >= 15 is 0 Å². The fraction of sp³-hybridized carbons (Fsp3) is 0.333. The van der Waals surface area contributed by atoms with Gasteiger partial charge in [0.2, 0.25) is 11.8 Å². The molecular weight excluding hydrogens is 204 g/mol. The number of rotatable bonds is 3. The lowest BCUT2D eigenvalue weighted by molar-refractivity contribution is -0.118. The maximum absolute atomic E-state index is 11.5. The molecule has 0 aromatic heterocycles. The fourth-order valence-electron chi connectivity index (χ4n) is 1.32. The van der Waals surface area contributed by atoms with E-state index < -0.39 is 5.91 Å². The van der Waals surface area contributed by atoms with E-state index in [-0.39, 0.29) is 11.8 Å². The molecule has 0 aliphatic carbocycles. The lowest BCUT2D eigenvalue weighted by Gasteiger charge is -2.12. The van der Waals surface area contributed by atoms with Gasteiger partial charge in [-0.15, -0.1) is 0 Å². The number of hydrogen-bond acceptors (Lipinski definition) is 2. The highest BCUT2D eigenvalue weighted by atomic mass is 16.2. The first-order valence-corrected chi connectivity index (χ1v) is 5.13. The molecule has 4 heteroatoms. The second-order valence-electron chi connectivity index (χ2n) is 3.99. The van der Waals surface area contributed by atoms with Gasteiger partial charge in [0.25, 0.3) is 0 Å². The van der Waals surface area contributed by atoms with Crippen molar-refractivity contribution < 1.29 is 9.59 Å². The number of carbonyl (C=O) groups excluding carboxylic acids is 2. The Labute approximate surface area is 94.8 Å². The van der Waals surface area contributed by atoms with Crippen LogP contribution in [0.1, 0.15) is 29.8 Å². The summed E-state index contributed by atoms with van der Waals surface area (Å²) in [7, 11) is 0. The first kappa shape index (κ1) is 12.2. The van der Waals surface area contributed by atoms with Crippen molar-refractivity contribution in [3.63, 3.8) is 0 Å². The Morgan fingerprint density at radius 2 is 1.94 bits per heavy atom. The molecule has 0 aliphatic rings. The van der Waals surface area contributed by atoms with Crippen molar-refractivity contribution in [2.24, 2.45) is 11.7 Å². The molecule has 0 aliphatic heterocycles. The highest BCUT2D eigenvalue weighted by molar-refractivity contribution is 5.98. The predicted molar refractivity (Wildman–Crippen MR) is 63.2 cm³/mol. The summed E-state index contributed by atoms with van der Waals surface area (Å²) in [6.45, 7) is 5.38. The Balaban J connectivity index is 3.02. The molecule has 0 unspecified atom stereocenters. The summed E-state index contributed by atoms with van der Waals surface area (Å²) in [5.41, 5.74) is 6.99. The number of benzene rings is 1. The average molecular weight is 220 g/mol. The van der Waals surface area contributed by atoms with Gasteiger partial charge in [-0.2, -0.15) is 0 Å². The third-order valence-corrected chi connectivity index (χ3v) is 2.38. The minimum atomic E-state index is -0.488. The van der Waals surface area contributed by atoms with Crippen molar-refractivity contribution in [1.82, 2.24) is 0 Å². The Kier molecular flexibility index (Phi) is 3.66. The van der Waals surface area contributed by atoms with E-state index in [9.17, 15) is 9.59 Å². The van der Waals surface area contributed by atoms with Crippen LogP contribution in [0.15, 0.2) is 18.2 Å². The van der Waals surface area contributed by atoms with Crippen LogP contribution in [-0.4, -0.2) is 11.8 Å². The first-order valence-electron chi connectivity index (χ1n) is 5.13. The Morgan fingerprint density at radius 3 is 2.44 bits per heavy atom. The average Bonchev–Trinajstić information content (AvgIpc) is 2.20. The smallest absolute Gasteiger partial charge is 0.249 e. The summed E-state index contributed by atoms with van der Waals surface area (Å²) >= 11 is 0. The second-order valence-corrected chi connectivity index (χ2v) is 3.99. The summed E-state index contributed by atoms with van der Waals surface area (Å²) in [6.07, 6.45) is 0. The number of primary amides is 1. The lowest BCUT2D eigenvalue weighted by atomic mass is 10.1. The van der Waals surface area contributed by atoms with Crippen molar-refractivity contribution >= 4 is 17.5 Å². The minimum Gasteiger partial charge on any atom is -0.366 e. The highest BCUT2D eigenvalue weighted by Gasteiger charge is 2.12. The number of carbonyl (C=O) groups is 2. The van der Waals surface area contributed by atoms with Crippen LogP contribution in [0.25, 0.3) is 0 Å². The molecule has 0 fully saturated rings. The normalized spacial score (nSPS) is 10.2. The molecule has 0 spiro atoms. The monoisotopic (exact) mass is 220 g/mol. The molecule has 0 saturated heterocycles. The lowest BCUT2D eigenvalue weighted by Crippen LogP contribution is -2.20. The van der Waals surface area contributed by atoms with Crippen molar-refractivity contribution in [2.75, 3.05) is 5.32 Å². The number of anilines is 1. The molecule has 16 heavy (non-hydrogen) atoms. The predicted octanol–water partition coefficient (Wildman–Crippen LogP) is 1.69. The number of nitrogens with two attached hydrogens (primary N) is 1. The van der Waals surface area contributed by atoms with Gasteiger partial charge < -0.3 is 11.1 Å². The standard InChI is InChI=1S/C12H16N2O2/c1-7(2)12(16)14-10-6-4-5-9(8(10)3)11(13)15/h4-7H,1-3H3,(H2,13,15)(H,14,16). The maximum atomic E-state index is 11.5. The van der Waals surface area contributed by atoms with Crippen LogP contribution in [0.2, 0.25) is 0 Å². The minimum absolute atomic E-state index is 0.0790. The molecule has 3 N–H and O–H groups in total. The van der Waals surface area contributed by atoms with Gasteiger partial charge in [0.1, 0.15) is 0 Å². The van der Waals surface area contributed by atoms with Gasteiger partial charge in [0.15, 0.2) is 0 Å². The van der Waals surface area contributed by atoms with Gasteiger partial charge in [0, 0.05) is 17.2 Å². The van der Waals surface area contributed by atoms with Gasteiger partial charge in [-0.25, -0.2) is 0 Å². The molecule has 2 amide bonds. The SMILES string of the molecule is Cc1c(NC(=O)C(C)C)cccc1C(N)=O.